The van der Waals surface area contributed by atoms with Gasteiger partial charge in [-0.2, -0.15) is 0 Å². The topological polar surface area (TPSA) is 68.3 Å². The number of fused-ring (bicyclic) bond motifs is 1. The molecule has 0 aliphatic heterocycles. The smallest absolute Gasteiger partial charge is 0.260 e. The van der Waals surface area contributed by atoms with Crippen molar-refractivity contribution >= 4 is 28.3 Å². The maximum absolute atomic E-state index is 12.7. The molecule has 1 aromatic heterocycles. The summed E-state index contributed by atoms with van der Waals surface area (Å²) >= 11 is 6.13. The minimum absolute atomic E-state index is 0.0517. The molecule has 0 bridgehead atoms. The summed E-state index contributed by atoms with van der Waals surface area (Å²) in [6.07, 6.45) is 0. The zero-order chi connectivity index (χ0) is 15.7. The van der Waals surface area contributed by atoms with Gasteiger partial charge in [-0.15, -0.1) is 0 Å². The van der Waals surface area contributed by atoms with E-state index in [4.69, 9.17) is 17.3 Å². The van der Waals surface area contributed by atoms with Gasteiger partial charge in [0.05, 0.1) is 10.4 Å². The number of benzene rings is 1. The minimum atomic E-state index is -0.365. The second kappa shape index (κ2) is 5.87. The van der Waals surface area contributed by atoms with Crippen molar-refractivity contribution in [3.8, 4) is 0 Å². The highest BCUT2D eigenvalue weighted by molar-refractivity contribution is 6.35. The maximum atomic E-state index is 12.7. The zero-order valence-electron chi connectivity index (χ0n) is 12.3. The fourth-order valence-corrected chi connectivity index (χ4v) is 2.46. The first-order valence-corrected chi connectivity index (χ1v) is 6.98. The standard InChI is InChI=1S/C15H18ClN3O2/c1-9(17)12-7-10-5-4-6-11(16)14(10)15(21)19(12)8-13(20)18(2)3/h4-7,9H,8,17H2,1-3H3/t9-/m0/s1. The van der Waals surface area contributed by atoms with Gasteiger partial charge in [0.2, 0.25) is 5.91 Å². The fraction of sp³-hybridized carbons (Fsp3) is 0.333. The molecule has 112 valence electrons. The molecular weight excluding hydrogens is 290 g/mol. The van der Waals surface area contributed by atoms with Crippen molar-refractivity contribution < 1.29 is 4.79 Å². The molecule has 0 fully saturated rings. The number of pyridine rings is 1. The molecule has 1 heterocycles. The second-order valence-corrected chi connectivity index (χ2v) is 5.65. The van der Waals surface area contributed by atoms with Gasteiger partial charge in [0.1, 0.15) is 6.54 Å². The van der Waals surface area contributed by atoms with E-state index >= 15 is 0 Å². The van der Waals surface area contributed by atoms with E-state index in [9.17, 15) is 9.59 Å². The van der Waals surface area contributed by atoms with Crippen molar-refractivity contribution in [2.75, 3.05) is 14.1 Å². The van der Waals surface area contributed by atoms with E-state index in [0.29, 0.717) is 16.1 Å². The van der Waals surface area contributed by atoms with Gasteiger partial charge in [-0.3, -0.25) is 9.59 Å². The third kappa shape index (κ3) is 2.94. The molecule has 0 unspecified atom stereocenters. The van der Waals surface area contributed by atoms with Crippen LogP contribution in [0.3, 0.4) is 0 Å². The van der Waals surface area contributed by atoms with Crippen LogP contribution in [0, 0.1) is 0 Å². The molecule has 0 saturated heterocycles. The molecule has 0 radical (unpaired) electrons. The summed E-state index contributed by atoms with van der Waals surface area (Å²) < 4.78 is 1.40. The predicted octanol–water partition coefficient (Wildman–Crippen LogP) is 1.76. The van der Waals surface area contributed by atoms with Crippen molar-refractivity contribution in [2.24, 2.45) is 5.73 Å². The van der Waals surface area contributed by atoms with E-state index in [2.05, 4.69) is 0 Å². The fourth-order valence-electron chi connectivity index (χ4n) is 2.19. The van der Waals surface area contributed by atoms with Gasteiger partial charge in [-0.1, -0.05) is 23.7 Å². The van der Waals surface area contributed by atoms with E-state index in [1.807, 2.05) is 12.1 Å². The van der Waals surface area contributed by atoms with Gasteiger partial charge in [-0.25, -0.2) is 0 Å². The van der Waals surface area contributed by atoms with Crippen LogP contribution in [-0.2, 0) is 11.3 Å². The first-order chi connectivity index (χ1) is 9.82. The first-order valence-electron chi connectivity index (χ1n) is 6.60. The van der Waals surface area contributed by atoms with E-state index < -0.39 is 0 Å². The number of nitrogens with zero attached hydrogens (tertiary/aromatic N) is 2. The van der Waals surface area contributed by atoms with Crippen molar-refractivity contribution in [1.82, 2.24) is 9.47 Å². The summed E-state index contributed by atoms with van der Waals surface area (Å²) in [6, 6.07) is 6.71. The molecule has 1 atom stereocenters. The van der Waals surface area contributed by atoms with Crippen LogP contribution in [0.1, 0.15) is 18.7 Å². The maximum Gasteiger partial charge on any atom is 0.260 e. The van der Waals surface area contributed by atoms with Gasteiger partial charge in [-0.05, 0) is 24.4 Å². The molecule has 0 aliphatic rings. The summed E-state index contributed by atoms with van der Waals surface area (Å²) in [4.78, 5) is 26.1. The average molecular weight is 308 g/mol. The molecule has 0 spiro atoms. The van der Waals surface area contributed by atoms with Gasteiger partial charge < -0.3 is 15.2 Å². The Morgan fingerprint density at radius 2 is 2.10 bits per heavy atom. The molecular formula is C15H18ClN3O2. The highest BCUT2D eigenvalue weighted by Crippen LogP contribution is 2.22. The summed E-state index contributed by atoms with van der Waals surface area (Å²) in [7, 11) is 3.29. The van der Waals surface area contributed by atoms with Crippen LogP contribution in [-0.4, -0.2) is 29.5 Å². The van der Waals surface area contributed by atoms with Crippen LogP contribution < -0.4 is 11.3 Å². The van der Waals surface area contributed by atoms with Crippen molar-refractivity contribution in [1.29, 1.82) is 0 Å². The molecule has 2 N–H and O–H groups in total. The summed E-state index contributed by atoms with van der Waals surface area (Å²) in [5.41, 5.74) is 6.27. The Kier molecular flexibility index (Phi) is 4.34. The molecule has 1 amide bonds. The highest BCUT2D eigenvalue weighted by Gasteiger charge is 2.17. The van der Waals surface area contributed by atoms with Crippen molar-refractivity contribution in [3.63, 3.8) is 0 Å². The lowest BCUT2D eigenvalue weighted by molar-refractivity contribution is -0.129. The number of nitrogens with two attached hydrogens (primary N) is 1. The van der Waals surface area contributed by atoms with Crippen LogP contribution in [0.25, 0.3) is 10.8 Å². The zero-order valence-corrected chi connectivity index (χ0v) is 13.0. The van der Waals surface area contributed by atoms with E-state index in [0.717, 1.165) is 5.39 Å². The number of aromatic nitrogens is 1. The lowest BCUT2D eigenvalue weighted by Crippen LogP contribution is -2.34. The largest absolute Gasteiger partial charge is 0.347 e. The first kappa shape index (κ1) is 15.5. The Morgan fingerprint density at radius 3 is 2.67 bits per heavy atom. The van der Waals surface area contributed by atoms with Crippen LogP contribution in [0.4, 0.5) is 0 Å². The van der Waals surface area contributed by atoms with Crippen LogP contribution in [0.15, 0.2) is 29.1 Å². The number of carbonyl (C=O) groups excluding carboxylic acids is 1. The van der Waals surface area contributed by atoms with Gasteiger partial charge in [0, 0.05) is 25.8 Å². The minimum Gasteiger partial charge on any atom is -0.347 e. The van der Waals surface area contributed by atoms with Crippen molar-refractivity contribution in [2.45, 2.75) is 19.5 Å². The van der Waals surface area contributed by atoms with E-state index in [1.165, 1.54) is 9.47 Å². The molecule has 0 saturated carbocycles. The van der Waals surface area contributed by atoms with Crippen LogP contribution >= 0.6 is 11.6 Å². The number of amides is 1. The number of carbonyl (C=O) groups is 1. The van der Waals surface area contributed by atoms with E-state index in [1.54, 1.807) is 33.2 Å². The van der Waals surface area contributed by atoms with Crippen molar-refractivity contribution in [3.05, 3.63) is 45.3 Å². The lowest BCUT2D eigenvalue weighted by Gasteiger charge is -2.19. The summed E-state index contributed by atoms with van der Waals surface area (Å²) in [6.45, 7) is 1.73. The molecule has 6 heteroatoms. The molecule has 21 heavy (non-hydrogen) atoms. The predicted molar refractivity (Wildman–Crippen MR) is 84.5 cm³/mol. The molecule has 2 aromatic rings. The average Bonchev–Trinajstić information content (AvgIpc) is 2.40. The molecule has 5 nitrogen and oxygen atoms in total. The third-order valence-corrected chi connectivity index (χ3v) is 3.69. The molecule has 0 aliphatic carbocycles. The number of halogens is 1. The SMILES string of the molecule is C[C@H](N)c1cc2cccc(Cl)c2c(=O)n1CC(=O)N(C)C. The van der Waals surface area contributed by atoms with Crippen LogP contribution in [0.5, 0.6) is 0 Å². The Labute approximate surface area is 127 Å². The summed E-state index contributed by atoms with van der Waals surface area (Å²) in [5.74, 6) is -0.176. The summed E-state index contributed by atoms with van der Waals surface area (Å²) in [5, 5.41) is 1.52. The van der Waals surface area contributed by atoms with Gasteiger partial charge in [0.25, 0.3) is 5.56 Å². The van der Waals surface area contributed by atoms with Gasteiger partial charge in [0.15, 0.2) is 0 Å². The lowest BCUT2D eigenvalue weighted by atomic mass is 10.1. The molecule has 1 aromatic carbocycles. The van der Waals surface area contributed by atoms with Gasteiger partial charge >= 0.3 is 0 Å². The highest BCUT2D eigenvalue weighted by atomic mass is 35.5. The number of rotatable bonds is 3. The Bertz CT molecular complexity index is 750. The van der Waals surface area contributed by atoms with Crippen LogP contribution in [0.2, 0.25) is 5.02 Å². The number of hydrogen-bond donors (Lipinski definition) is 1. The molecule has 2 rings (SSSR count). The Balaban J connectivity index is 2.74. The monoisotopic (exact) mass is 307 g/mol. The second-order valence-electron chi connectivity index (χ2n) is 5.24. The quantitative estimate of drug-likeness (QED) is 0.939. The normalized spacial score (nSPS) is 12.4. The third-order valence-electron chi connectivity index (χ3n) is 3.38. The number of hydrogen-bond acceptors (Lipinski definition) is 3. The van der Waals surface area contributed by atoms with E-state index in [-0.39, 0.29) is 24.1 Å². The number of likely N-dealkylation sites (N-methyl/N-ethyl adjacent to an activating group) is 1. The Morgan fingerprint density at radius 1 is 1.43 bits per heavy atom. The Hall–Kier alpha value is -1.85.